The third-order valence-electron chi connectivity index (χ3n) is 4.01. The van der Waals surface area contributed by atoms with E-state index in [9.17, 15) is 4.79 Å². The second kappa shape index (κ2) is 7.98. The van der Waals surface area contributed by atoms with Crippen molar-refractivity contribution in [2.24, 2.45) is 0 Å². The maximum Gasteiger partial charge on any atom is 0.171 e. The van der Waals surface area contributed by atoms with Gasteiger partial charge in [0, 0.05) is 16.2 Å². The van der Waals surface area contributed by atoms with Gasteiger partial charge in [-0.05, 0) is 24.6 Å². The second-order valence-corrected chi connectivity index (χ2v) is 6.91. The molecule has 0 bridgehead atoms. The molecule has 2 heteroatoms. The highest BCUT2D eigenvalue weighted by molar-refractivity contribution is 7.99. The molecule has 0 amide bonds. The van der Waals surface area contributed by atoms with Gasteiger partial charge in [0.15, 0.2) is 5.78 Å². The first-order chi connectivity index (χ1) is 11.7. The van der Waals surface area contributed by atoms with Crippen LogP contribution in [0.5, 0.6) is 0 Å². The lowest BCUT2D eigenvalue weighted by Gasteiger charge is -2.16. The molecule has 0 saturated heterocycles. The minimum Gasteiger partial charge on any atom is -0.293 e. The first-order valence-electron chi connectivity index (χ1n) is 8.08. The Morgan fingerprint density at radius 3 is 2.04 bits per heavy atom. The quantitative estimate of drug-likeness (QED) is 0.422. The summed E-state index contributed by atoms with van der Waals surface area (Å²) < 4.78 is 0. The number of carbonyl (C=O) groups excluding carboxylic acids is 1. The molecule has 0 aliphatic heterocycles. The van der Waals surface area contributed by atoms with Crippen LogP contribution in [0, 0.1) is 6.92 Å². The van der Waals surface area contributed by atoms with Crippen molar-refractivity contribution in [2.45, 2.75) is 17.7 Å². The van der Waals surface area contributed by atoms with Crippen LogP contribution in [0.1, 0.15) is 27.4 Å². The average Bonchev–Trinajstić information content (AvgIpc) is 2.65. The number of ketones is 1. The molecule has 1 nitrogen and oxygen atoms in total. The summed E-state index contributed by atoms with van der Waals surface area (Å²) in [5.41, 5.74) is 3.10. The van der Waals surface area contributed by atoms with Gasteiger partial charge < -0.3 is 0 Å². The molecule has 0 spiro atoms. The van der Waals surface area contributed by atoms with E-state index in [2.05, 4.69) is 31.2 Å². The molecule has 1 atom stereocenters. The smallest absolute Gasteiger partial charge is 0.171 e. The van der Waals surface area contributed by atoms with Crippen LogP contribution < -0.4 is 0 Å². The maximum atomic E-state index is 13.0. The molecule has 3 aromatic rings. The molecule has 0 N–H and O–H groups in total. The van der Waals surface area contributed by atoms with E-state index in [1.165, 1.54) is 10.5 Å². The van der Waals surface area contributed by atoms with Gasteiger partial charge >= 0.3 is 0 Å². The molecule has 0 radical (unpaired) electrons. The Labute approximate surface area is 147 Å². The summed E-state index contributed by atoms with van der Waals surface area (Å²) >= 11 is 1.73. The van der Waals surface area contributed by atoms with Gasteiger partial charge in [0.25, 0.3) is 0 Å². The van der Waals surface area contributed by atoms with Gasteiger partial charge in [0.05, 0.1) is 5.92 Å². The van der Waals surface area contributed by atoms with Crippen molar-refractivity contribution in [3.8, 4) is 0 Å². The highest BCUT2D eigenvalue weighted by atomic mass is 32.2. The Kier molecular flexibility index (Phi) is 5.50. The molecule has 0 aromatic heterocycles. The predicted octanol–water partition coefficient (Wildman–Crippen LogP) is 5.75. The Balaban J connectivity index is 1.82. The fourth-order valence-electron chi connectivity index (χ4n) is 2.63. The minimum atomic E-state index is -0.139. The highest BCUT2D eigenvalue weighted by Gasteiger charge is 2.22. The van der Waals surface area contributed by atoms with E-state index < -0.39 is 0 Å². The zero-order valence-corrected chi connectivity index (χ0v) is 14.5. The average molecular weight is 332 g/mol. The van der Waals surface area contributed by atoms with Crippen molar-refractivity contribution in [2.75, 3.05) is 5.75 Å². The lowest BCUT2D eigenvalue weighted by Crippen LogP contribution is -2.15. The number of thioether (sulfide) groups is 1. The number of carbonyl (C=O) groups is 1. The molecular formula is C22H20OS. The van der Waals surface area contributed by atoms with Crippen LogP contribution in [-0.4, -0.2) is 11.5 Å². The third kappa shape index (κ3) is 4.15. The zero-order valence-electron chi connectivity index (χ0n) is 13.7. The van der Waals surface area contributed by atoms with Crippen molar-refractivity contribution in [1.29, 1.82) is 0 Å². The topological polar surface area (TPSA) is 17.1 Å². The Morgan fingerprint density at radius 2 is 1.42 bits per heavy atom. The van der Waals surface area contributed by atoms with Crippen LogP contribution in [-0.2, 0) is 0 Å². The van der Waals surface area contributed by atoms with Crippen LogP contribution in [0.25, 0.3) is 0 Å². The van der Waals surface area contributed by atoms with Crippen LogP contribution in [0.2, 0.25) is 0 Å². The predicted molar refractivity (Wildman–Crippen MR) is 102 cm³/mol. The van der Waals surface area contributed by atoms with E-state index in [0.29, 0.717) is 0 Å². The Hall–Kier alpha value is -2.32. The fraction of sp³-hybridized carbons (Fsp3) is 0.136. The van der Waals surface area contributed by atoms with E-state index >= 15 is 0 Å². The minimum absolute atomic E-state index is 0.139. The van der Waals surface area contributed by atoms with Gasteiger partial charge in [-0.25, -0.2) is 0 Å². The SMILES string of the molecule is Cc1ccc(SCC(C(=O)c2ccccc2)c2ccccc2)cc1. The molecule has 24 heavy (non-hydrogen) atoms. The van der Waals surface area contributed by atoms with Gasteiger partial charge in [0.2, 0.25) is 0 Å². The summed E-state index contributed by atoms with van der Waals surface area (Å²) in [6, 6.07) is 28.1. The molecule has 0 heterocycles. The van der Waals surface area contributed by atoms with Crippen LogP contribution in [0.4, 0.5) is 0 Å². The largest absolute Gasteiger partial charge is 0.293 e. The number of hydrogen-bond acceptors (Lipinski definition) is 2. The lowest BCUT2D eigenvalue weighted by atomic mass is 9.92. The molecule has 0 saturated carbocycles. The van der Waals surface area contributed by atoms with E-state index in [1.807, 2.05) is 60.7 Å². The summed E-state index contributed by atoms with van der Waals surface area (Å²) in [5.74, 6) is 0.780. The number of Topliss-reactive ketones (excluding diaryl/α,β-unsaturated/α-hetero) is 1. The molecular weight excluding hydrogens is 312 g/mol. The first kappa shape index (κ1) is 16.5. The Morgan fingerprint density at radius 1 is 0.833 bits per heavy atom. The van der Waals surface area contributed by atoms with E-state index in [-0.39, 0.29) is 11.7 Å². The maximum absolute atomic E-state index is 13.0. The van der Waals surface area contributed by atoms with Crippen molar-refractivity contribution < 1.29 is 4.79 Å². The van der Waals surface area contributed by atoms with E-state index in [1.54, 1.807) is 11.8 Å². The van der Waals surface area contributed by atoms with E-state index in [0.717, 1.165) is 16.9 Å². The monoisotopic (exact) mass is 332 g/mol. The first-order valence-corrected chi connectivity index (χ1v) is 9.06. The number of rotatable bonds is 6. The van der Waals surface area contributed by atoms with Crippen molar-refractivity contribution >= 4 is 17.5 Å². The van der Waals surface area contributed by atoms with Gasteiger partial charge in [-0.1, -0.05) is 78.4 Å². The fourth-order valence-corrected chi connectivity index (χ4v) is 3.66. The van der Waals surface area contributed by atoms with Crippen LogP contribution >= 0.6 is 11.8 Å². The van der Waals surface area contributed by atoms with Crippen molar-refractivity contribution in [1.82, 2.24) is 0 Å². The van der Waals surface area contributed by atoms with Gasteiger partial charge in [-0.3, -0.25) is 4.79 Å². The van der Waals surface area contributed by atoms with Crippen LogP contribution in [0.3, 0.4) is 0 Å². The summed E-state index contributed by atoms with van der Waals surface area (Å²) in [4.78, 5) is 14.2. The van der Waals surface area contributed by atoms with Gasteiger partial charge in [0.1, 0.15) is 0 Å². The summed E-state index contributed by atoms with van der Waals surface area (Å²) in [6.45, 7) is 2.08. The zero-order chi connectivity index (χ0) is 16.8. The molecule has 3 aromatic carbocycles. The number of aryl methyl sites for hydroxylation is 1. The number of hydrogen-bond donors (Lipinski definition) is 0. The Bertz CT molecular complexity index is 779. The standard InChI is InChI=1S/C22H20OS/c1-17-12-14-20(15-13-17)24-16-21(18-8-4-2-5-9-18)22(23)19-10-6-3-7-11-19/h2-15,21H,16H2,1H3. The highest BCUT2D eigenvalue weighted by Crippen LogP contribution is 2.29. The molecule has 0 fully saturated rings. The van der Waals surface area contributed by atoms with Gasteiger partial charge in [-0.15, -0.1) is 11.8 Å². The second-order valence-electron chi connectivity index (χ2n) is 5.82. The summed E-state index contributed by atoms with van der Waals surface area (Å²) in [5, 5.41) is 0. The van der Waals surface area contributed by atoms with Crippen molar-refractivity contribution in [3.63, 3.8) is 0 Å². The van der Waals surface area contributed by atoms with Crippen molar-refractivity contribution in [3.05, 3.63) is 102 Å². The molecule has 0 aliphatic carbocycles. The summed E-state index contributed by atoms with van der Waals surface area (Å²) in [6.07, 6.45) is 0. The van der Waals surface area contributed by atoms with Gasteiger partial charge in [-0.2, -0.15) is 0 Å². The lowest BCUT2D eigenvalue weighted by molar-refractivity contribution is 0.0968. The molecule has 1 unspecified atom stereocenters. The molecule has 120 valence electrons. The summed E-state index contributed by atoms with van der Waals surface area (Å²) in [7, 11) is 0. The van der Waals surface area contributed by atoms with E-state index in [4.69, 9.17) is 0 Å². The molecule has 0 aliphatic rings. The normalized spacial score (nSPS) is 11.9. The molecule has 3 rings (SSSR count). The van der Waals surface area contributed by atoms with Crippen LogP contribution in [0.15, 0.2) is 89.8 Å². The number of benzene rings is 3. The third-order valence-corrected chi connectivity index (χ3v) is 5.12.